The average Bonchev–Trinajstić information content (AvgIpc) is 3.07. The predicted octanol–water partition coefficient (Wildman–Crippen LogP) is 5.36. The normalized spacial score (nSPS) is 12.7. The van der Waals surface area contributed by atoms with Gasteiger partial charge in [0.05, 0.1) is 11.4 Å². The molecule has 3 rings (SSSR count). The number of nitrogens with two attached hydrogens (primary N) is 1. The molecule has 32 heavy (non-hydrogen) atoms. The van der Waals surface area contributed by atoms with Crippen LogP contribution in [0.3, 0.4) is 0 Å². The van der Waals surface area contributed by atoms with Gasteiger partial charge >= 0.3 is 12.1 Å². The van der Waals surface area contributed by atoms with Gasteiger partial charge in [0.25, 0.3) is 0 Å². The van der Waals surface area contributed by atoms with Crippen LogP contribution in [0.25, 0.3) is 22.4 Å². The third-order valence-corrected chi connectivity index (χ3v) is 5.68. The first kappa shape index (κ1) is 23.9. The van der Waals surface area contributed by atoms with E-state index in [1.165, 1.54) is 36.4 Å². The van der Waals surface area contributed by atoms with Crippen molar-refractivity contribution in [3.05, 3.63) is 71.9 Å². The first-order valence-corrected chi connectivity index (χ1v) is 10.8. The van der Waals surface area contributed by atoms with Crippen molar-refractivity contribution in [1.29, 1.82) is 0 Å². The Bertz CT molecular complexity index is 1250. The highest BCUT2D eigenvalue weighted by Gasteiger charge is 2.62. The molecule has 1 heterocycles. The van der Waals surface area contributed by atoms with E-state index in [1.54, 1.807) is 0 Å². The molecule has 0 aliphatic rings. The molecule has 0 aliphatic carbocycles. The van der Waals surface area contributed by atoms with Crippen LogP contribution in [0.2, 0.25) is 5.02 Å². The van der Waals surface area contributed by atoms with Crippen LogP contribution in [0.1, 0.15) is 5.69 Å². The standard InChI is InChI=1S/C20H15ClF5N3O2S/c1-2-11-29-18(19(22,23)20(24,25)26)16(12-3-7-14(21)8-4-12)17(28-29)13-5-9-15(10-6-13)32(27,30)31/h2-10H,1,11H2,(H2,27,30,31). The van der Waals surface area contributed by atoms with Crippen LogP contribution < -0.4 is 5.14 Å². The van der Waals surface area contributed by atoms with Gasteiger partial charge in [-0.25, -0.2) is 13.6 Å². The maximum atomic E-state index is 14.7. The van der Waals surface area contributed by atoms with E-state index in [4.69, 9.17) is 16.7 Å². The SMILES string of the molecule is C=CCn1nc(-c2ccc(S(N)(=O)=O)cc2)c(-c2ccc(Cl)cc2)c1C(F)(F)C(F)(F)F. The molecule has 0 unspecified atom stereocenters. The summed E-state index contributed by atoms with van der Waals surface area (Å²) >= 11 is 5.84. The van der Waals surface area contributed by atoms with E-state index in [-0.39, 0.29) is 26.7 Å². The Kier molecular flexibility index (Phi) is 6.20. The van der Waals surface area contributed by atoms with E-state index in [1.807, 2.05) is 0 Å². The van der Waals surface area contributed by atoms with Crippen molar-refractivity contribution in [2.75, 3.05) is 0 Å². The third-order valence-electron chi connectivity index (χ3n) is 4.50. The van der Waals surface area contributed by atoms with Crippen molar-refractivity contribution in [2.45, 2.75) is 23.5 Å². The summed E-state index contributed by atoms with van der Waals surface area (Å²) in [5.74, 6) is -5.25. The van der Waals surface area contributed by atoms with Crippen molar-refractivity contribution < 1.29 is 30.4 Å². The Balaban J connectivity index is 2.38. The second kappa shape index (κ2) is 8.30. The Labute approximate surface area is 185 Å². The molecule has 0 atom stereocenters. The summed E-state index contributed by atoms with van der Waals surface area (Å²) in [5.41, 5.74) is -1.96. The zero-order valence-electron chi connectivity index (χ0n) is 16.1. The number of sulfonamides is 1. The molecule has 1 aromatic heterocycles. The lowest BCUT2D eigenvalue weighted by Gasteiger charge is -2.22. The minimum absolute atomic E-state index is 0.00848. The van der Waals surface area contributed by atoms with E-state index >= 15 is 0 Å². The molecule has 0 fully saturated rings. The van der Waals surface area contributed by atoms with Gasteiger partial charge in [0.1, 0.15) is 11.4 Å². The van der Waals surface area contributed by atoms with Gasteiger partial charge in [0, 0.05) is 16.1 Å². The first-order chi connectivity index (χ1) is 14.8. The lowest BCUT2D eigenvalue weighted by molar-refractivity contribution is -0.291. The van der Waals surface area contributed by atoms with Crippen LogP contribution in [0.4, 0.5) is 22.0 Å². The van der Waals surface area contributed by atoms with E-state index in [0.717, 1.165) is 18.2 Å². The molecule has 0 saturated heterocycles. The Hall–Kier alpha value is -2.76. The fourth-order valence-corrected chi connectivity index (χ4v) is 3.71. The molecule has 0 aliphatic heterocycles. The minimum Gasteiger partial charge on any atom is -0.258 e. The summed E-state index contributed by atoms with van der Waals surface area (Å²) in [6.45, 7) is 2.96. The second-order valence-electron chi connectivity index (χ2n) is 6.69. The lowest BCUT2D eigenvalue weighted by Crippen LogP contribution is -2.36. The number of hydrogen-bond donors (Lipinski definition) is 1. The van der Waals surface area contributed by atoms with Crippen LogP contribution >= 0.6 is 11.6 Å². The fraction of sp³-hybridized carbons (Fsp3) is 0.150. The van der Waals surface area contributed by atoms with Gasteiger partial charge in [0.15, 0.2) is 0 Å². The topological polar surface area (TPSA) is 78.0 Å². The van der Waals surface area contributed by atoms with Crippen molar-refractivity contribution in [3.63, 3.8) is 0 Å². The smallest absolute Gasteiger partial charge is 0.258 e. The molecule has 0 radical (unpaired) electrons. The van der Waals surface area contributed by atoms with Crippen LogP contribution in [0.5, 0.6) is 0 Å². The van der Waals surface area contributed by atoms with Gasteiger partial charge in [-0.3, -0.25) is 4.68 Å². The minimum atomic E-state index is -5.90. The van der Waals surface area contributed by atoms with Gasteiger partial charge in [-0.1, -0.05) is 41.9 Å². The number of nitrogens with zero attached hydrogens (tertiary/aromatic N) is 2. The number of benzene rings is 2. The van der Waals surface area contributed by atoms with Gasteiger partial charge in [-0.05, 0) is 29.8 Å². The molecule has 2 N–H and O–H groups in total. The van der Waals surface area contributed by atoms with Gasteiger partial charge < -0.3 is 0 Å². The summed E-state index contributed by atoms with van der Waals surface area (Å²) in [6, 6.07) is 9.89. The molecular weight excluding hydrogens is 477 g/mol. The van der Waals surface area contributed by atoms with Gasteiger partial charge in [-0.2, -0.15) is 27.1 Å². The van der Waals surface area contributed by atoms with E-state index in [2.05, 4.69) is 11.7 Å². The molecule has 12 heteroatoms. The number of alkyl halides is 5. The first-order valence-electron chi connectivity index (χ1n) is 8.83. The second-order valence-corrected chi connectivity index (χ2v) is 8.69. The van der Waals surface area contributed by atoms with Crippen LogP contribution in [-0.2, 0) is 22.5 Å². The average molecular weight is 492 g/mol. The van der Waals surface area contributed by atoms with Gasteiger partial charge in [-0.15, -0.1) is 6.58 Å². The molecule has 2 aromatic carbocycles. The largest absolute Gasteiger partial charge is 0.459 e. The van der Waals surface area contributed by atoms with Crippen molar-refractivity contribution in [3.8, 4) is 22.4 Å². The third kappa shape index (κ3) is 4.41. The summed E-state index contributed by atoms with van der Waals surface area (Å²) in [4.78, 5) is -0.263. The molecule has 5 nitrogen and oxygen atoms in total. The van der Waals surface area contributed by atoms with Crippen molar-refractivity contribution in [1.82, 2.24) is 9.78 Å². The van der Waals surface area contributed by atoms with Crippen molar-refractivity contribution >= 4 is 21.6 Å². The Morgan fingerprint density at radius 1 is 1.00 bits per heavy atom. The molecule has 0 spiro atoms. The monoisotopic (exact) mass is 491 g/mol. The van der Waals surface area contributed by atoms with Crippen LogP contribution in [0.15, 0.2) is 66.1 Å². The van der Waals surface area contributed by atoms with E-state index in [9.17, 15) is 30.4 Å². The molecule has 0 saturated carbocycles. The Morgan fingerprint density at radius 3 is 2.00 bits per heavy atom. The zero-order chi connectivity index (χ0) is 23.9. The molecule has 0 bridgehead atoms. The van der Waals surface area contributed by atoms with E-state index in [0.29, 0.717) is 4.68 Å². The molecule has 170 valence electrons. The number of allylic oxidation sites excluding steroid dienone is 1. The number of hydrogen-bond acceptors (Lipinski definition) is 3. The maximum absolute atomic E-state index is 14.7. The predicted molar refractivity (Wildman–Crippen MR) is 110 cm³/mol. The summed E-state index contributed by atoms with van der Waals surface area (Å²) in [6.07, 6.45) is -4.77. The summed E-state index contributed by atoms with van der Waals surface area (Å²) < 4.78 is 93.0. The molecular formula is C20H15ClF5N3O2S. The maximum Gasteiger partial charge on any atom is 0.459 e. The van der Waals surface area contributed by atoms with Crippen LogP contribution in [0, 0.1) is 0 Å². The molecule has 0 amide bonds. The number of rotatable bonds is 6. The lowest BCUT2D eigenvalue weighted by atomic mass is 9.96. The number of primary sulfonamides is 1. The quantitative estimate of drug-likeness (QED) is 0.372. The molecule has 3 aromatic rings. The van der Waals surface area contributed by atoms with Gasteiger partial charge in [0.2, 0.25) is 10.0 Å². The highest BCUT2D eigenvalue weighted by atomic mass is 35.5. The van der Waals surface area contributed by atoms with Crippen molar-refractivity contribution in [2.24, 2.45) is 5.14 Å². The number of halogens is 6. The fourth-order valence-electron chi connectivity index (χ4n) is 3.06. The van der Waals surface area contributed by atoms with Crippen LogP contribution in [-0.4, -0.2) is 24.4 Å². The highest BCUT2D eigenvalue weighted by molar-refractivity contribution is 7.89. The summed E-state index contributed by atoms with van der Waals surface area (Å²) in [7, 11) is -4.05. The van der Waals surface area contributed by atoms with E-state index < -0.39 is 39.9 Å². The highest BCUT2D eigenvalue weighted by Crippen LogP contribution is 2.49. The zero-order valence-corrected chi connectivity index (χ0v) is 17.6. The Morgan fingerprint density at radius 2 is 1.53 bits per heavy atom. The summed E-state index contributed by atoms with van der Waals surface area (Å²) in [5, 5.41) is 9.30. The number of aromatic nitrogens is 2.